The Labute approximate surface area is 120 Å². The quantitative estimate of drug-likeness (QED) is 0.452. The summed E-state index contributed by atoms with van der Waals surface area (Å²) in [5.74, 6) is 1.97. The minimum absolute atomic E-state index is 0.243. The average Bonchev–Trinajstić information content (AvgIpc) is 2.46. The van der Waals surface area contributed by atoms with Crippen LogP contribution in [-0.4, -0.2) is 33.8 Å². The molecule has 0 aliphatic carbocycles. The van der Waals surface area contributed by atoms with Crippen molar-refractivity contribution in [2.45, 2.75) is 26.2 Å². The molecule has 0 bridgehead atoms. The largest absolute Gasteiger partial charge is 0.493 e. The Balaban J connectivity index is 2.82. The molecule has 0 atom stereocenters. The van der Waals surface area contributed by atoms with Gasteiger partial charge in [-0.25, -0.2) is 0 Å². The number of unbranched alkanes of at least 4 members (excludes halogenated alkanes) is 1. The van der Waals surface area contributed by atoms with E-state index in [1.807, 2.05) is 12.1 Å². The van der Waals surface area contributed by atoms with Crippen molar-refractivity contribution in [3.8, 4) is 17.2 Å². The van der Waals surface area contributed by atoms with Gasteiger partial charge in [-0.2, -0.15) is 0 Å². The molecule has 1 aromatic rings. The van der Waals surface area contributed by atoms with E-state index in [1.54, 1.807) is 21.3 Å². The molecule has 0 amide bonds. The lowest BCUT2D eigenvalue weighted by atomic mass is 10.1. The molecule has 1 N–H and O–H groups in total. The van der Waals surface area contributed by atoms with Crippen molar-refractivity contribution in [3.05, 3.63) is 17.7 Å². The van der Waals surface area contributed by atoms with Gasteiger partial charge in [0.05, 0.1) is 27.9 Å². The number of hydrogen-bond donors (Lipinski definition) is 1. The predicted octanol–water partition coefficient (Wildman–Crippen LogP) is 3.05. The number of benzene rings is 1. The Morgan fingerprint density at radius 2 is 1.65 bits per heavy atom. The van der Waals surface area contributed by atoms with Gasteiger partial charge < -0.3 is 18.9 Å². The molecule has 1 aromatic carbocycles. The molecule has 5 nitrogen and oxygen atoms in total. The fourth-order valence-electron chi connectivity index (χ4n) is 1.81. The highest BCUT2D eigenvalue weighted by molar-refractivity contribution is 5.76. The molecule has 0 saturated carbocycles. The fraction of sp³-hybridized carbons (Fsp3) is 0.533. The number of ether oxygens (including phenoxy) is 4. The molecule has 0 saturated heterocycles. The van der Waals surface area contributed by atoms with E-state index < -0.39 is 0 Å². The topological polar surface area (TPSA) is 60.8 Å². The summed E-state index contributed by atoms with van der Waals surface area (Å²) in [6.07, 6.45) is 2.41. The van der Waals surface area contributed by atoms with Crippen LogP contribution in [0.15, 0.2) is 12.1 Å². The van der Waals surface area contributed by atoms with Gasteiger partial charge in [-0.3, -0.25) is 5.41 Å². The van der Waals surface area contributed by atoms with Crippen LogP contribution in [0.25, 0.3) is 0 Å². The van der Waals surface area contributed by atoms with Gasteiger partial charge in [0.1, 0.15) is 0 Å². The minimum Gasteiger partial charge on any atom is -0.493 e. The van der Waals surface area contributed by atoms with Crippen molar-refractivity contribution in [2.75, 3.05) is 27.9 Å². The average molecular weight is 281 g/mol. The zero-order chi connectivity index (χ0) is 15.0. The normalized spacial score (nSPS) is 10.0. The highest BCUT2D eigenvalue weighted by atomic mass is 16.5. The molecule has 0 spiro atoms. The first-order chi connectivity index (χ1) is 9.65. The van der Waals surface area contributed by atoms with E-state index in [1.165, 1.54) is 0 Å². The minimum atomic E-state index is 0.243. The zero-order valence-electron chi connectivity index (χ0n) is 12.6. The molecule has 5 heteroatoms. The van der Waals surface area contributed by atoms with Gasteiger partial charge >= 0.3 is 0 Å². The summed E-state index contributed by atoms with van der Waals surface area (Å²) < 4.78 is 21.2. The van der Waals surface area contributed by atoms with Crippen molar-refractivity contribution >= 4 is 5.90 Å². The molecule has 0 aliphatic rings. The Morgan fingerprint density at radius 3 is 2.10 bits per heavy atom. The Kier molecular flexibility index (Phi) is 6.70. The van der Waals surface area contributed by atoms with E-state index in [-0.39, 0.29) is 5.90 Å². The first-order valence-electron chi connectivity index (χ1n) is 6.65. The second-order valence-corrected chi connectivity index (χ2v) is 4.34. The van der Waals surface area contributed by atoms with Gasteiger partial charge in [0.2, 0.25) is 5.75 Å². The molecule has 1 rings (SSSR count). The monoisotopic (exact) mass is 281 g/mol. The molecule has 0 radical (unpaired) electrons. The van der Waals surface area contributed by atoms with Crippen LogP contribution < -0.4 is 14.2 Å². The molecule has 0 heterocycles. The van der Waals surface area contributed by atoms with Gasteiger partial charge in [-0.1, -0.05) is 13.3 Å². The third-order valence-corrected chi connectivity index (χ3v) is 2.86. The van der Waals surface area contributed by atoms with Crippen LogP contribution >= 0.6 is 0 Å². The molecule has 0 unspecified atom stereocenters. The number of hydrogen-bond acceptors (Lipinski definition) is 5. The third kappa shape index (κ3) is 4.33. The maximum atomic E-state index is 7.82. The van der Waals surface area contributed by atoms with E-state index in [9.17, 15) is 0 Å². The summed E-state index contributed by atoms with van der Waals surface area (Å²) in [5.41, 5.74) is 0.890. The maximum Gasteiger partial charge on any atom is 0.203 e. The van der Waals surface area contributed by atoms with Gasteiger partial charge in [0, 0.05) is 6.42 Å². The number of rotatable bonds is 8. The summed E-state index contributed by atoms with van der Waals surface area (Å²) in [7, 11) is 4.71. The molecule has 0 fully saturated rings. The van der Waals surface area contributed by atoms with Crippen LogP contribution in [0.5, 0.6) is 17.2 Å². The first kappa shape index (κ1) is 16.1. The van der Waals surface area contributed by atoms with Crippen molar-refractivity contribution in [3.63, 3.8) is 0 Å². The summed E-state index contributed by atoms with van der Waals surface area (Å²) in [5, 5.41) is 7.82. The molecule has 0 aliphatic heterocycles. The number of nitrogens with one attached hydrogen (secondary N) is 1. The Bertz CT molecular complexity index is 420. The van der Waals surface area contributed by atoms with Gasteiger partial charge in [0.25, 0.3) is 0 Å². The summed E-state index contributed by atoms with van der Waals surface area (Å²) in [4.78, 5) is 0. The zero-order valence-corrected chi connectivity index (χ0v) is 12.6. The molecular weight excluding hydrogens is 258 g/mol. The molecule has 0 aromatic heterocycles. The van der Waals surface area contributed by atoms with Crippen LogP contribution in [0.4, 0.5) is 0 Å². The van der Waals surface area contributed by atoms with Crippen molar-refractivity contribution in [2.24, 2.45) is 0 Å². The van der Waals surface area contributed by atoms with Gasteiger partial charge in [-0.15, -0.1) is 0 Å². The number of methoxy groups -OCH3 is 3. The smallest absolute Gasteiger partial charge is 0.203 e. The Hall–Kier alpha value is -1.91. The van der Waals surface area contributed by atoms with E-state index in [4.69, 9.17) is 24.4 Å². The van der Waals surface area contributed by atoms with E-state index in [0.29, 0.717) is 30.3 Å². The third-order valence-electron chi connectivity index (χ3n) is 2.86. The highest BCUT2D eigenvalue weighted by Crippen LogP contribution is 2.38. The van der Waals surface area contributed by atoms with Gasteiger partial charge in [-0.05, 0) is 24.1 Å². The standard InChI is InChI=1S/C15H23NO4/c1-5-6-7-20-14(16)10-11-8-12(17-2)15(19-4)13(9-11)18-3/h8-9,16H,5-7,10H2,1-4H3. The van der Waals surface area contributed by atoms with E-state index in [0.717, 1.165) is 18.4 Å². The predicted molar refractivity (Wildman–Crippen MR) is 78.4 cm³/mol. The van der Waals surface area contributed by atoms with Gasteiger partial charge in [0.15, 0.2) is 17.4 Å². The van der Waals surface area contributed by atoms with Crippen molar-refractivity contribution in [1.29, 1.82) is 5.41 Å². The Morgan fingerprint density at radius 1 is 1.05 bits per heavy atom. The lowest BCUT2D eigenvalue weighted by Gasteiger charge is -2.14. The maximum absolute atomic E-state index is 7.82. The molecular formula is C15H23NO4. The van der Waals surface area contributed by atoms with E-state index in [2.05, 4.69) is 6.92 Å². The fourth-order valence-corrected chi connectivity index (χ4v) is 1.81. The second-order valence-electron chi connectivity index (χ2n) is 4.34. The molecule has 20 heavy (non-hydrogen) atoms. The highest BCUT2D eigenvalue weighted by Gasteiger charge is 2.14. The van der Waals surface area contributed by atoms with Crippen LogP contribution in [0.3, 0.4) is 0 Å². The summed E-state index contributed by atoms with van der Waals surface area (Å²) in [6, 6.07) is 3.66. The lowest BCUT2D eigenvalue weighted by molar-refractivity contribution is 0.287. The van der Waals surface area contributed by atoms with Crippen LogP contribution in [0, 0.1) is 5.41 Å². The van der Waals surface area contributed by atoms with E-state index >= 15 is 0 Å². The molecule has 112 valence electrons. The van der Waals surface area contributed by atoms with Crippen LogP contribution in [0.1, 0.15) is 25.3 Å². The van der Waals surface area contributed by atoms with Crippen LogP contribution in [0.2, 0.25) is 0 Å². The summed E-state index contributed by atoms with van der Waals surface area (Å²) in [6.45, 7) is 2.67. The summed E-state index contributed by atoms with van der Waals surface area (Å²) >= 11 is 0. The van der Waals surface area contributed by atoms with Crippen LogP contribution in [-0.2, 0) is 11.2 Å². The first-order valence-corrected chi connectivity index (χ1v) is 6.65. The van der Waals surface area contributed by atoms with Crippen molar-refractivity contribution in [1.82, 2.24) is 0 Å². The lowest BCUT2D eigenvalue weighted by Crippen LogP contribution is -2.08. The SMILES string of the molecule is CCCCOC(=N)Cc1cc(OC)c(OC)c(OC)c1. The second kappa shape index (κ2) is 8.30. The van der Waals surface area contributed by atoms with Crippen molar-refractivity contribution < 1.29 is 18.9 Å².